The van der Waals surface area contributed by atoms with Crippen LogP contribution in [0.4, 0.5) is 26.3 Å². The van der Waals surface area contributed by atoms with Gasteiger partial charge in [0.1, 0.15) is 5.60 Å². The normalized spacial score (nSPS) is 42.1. The van der Waals surface area contributed by atoms with Crippen molar-refractivity contribution in [3.05, 3.63) is 0 Å². The van der Waals surface area contributed by atoms with E-state index in [9.17, 15) is 46.0 Å². The van der Waals surface area contributed by atoms with E-state index in [-0.39, 0.29) is 49.9 Å². The lowest BCUT2D eigenvalue weighted by Gasteiger charge is -2.63. The van der Waals surface area contributed by atoms with E-state index in [1.807, 2.05) is 11.4 Å². The quantitative estimate of drug-likeness (QED) is 0.438. The molecule has 5 saturated carbocycles. The molecule has 5 aliphatic carbocycles. The summed E-state index contributed by atoms with van der Waals surface area (Å²) < 4.78 is 83.7. The molecule has 0 aromatic carbocycles. The van der Waals surface area contributed by atoms with Crippen LogP contribution in [-0.4, -0.2) is 53.2 Å². The van der Waals surface area contributed by atoms with Crippen molar-refractivity contribution < 1.29 is 45.5 Å². The molecule has 7 nitrogen and oxygen atoms in total. The second-order valence-electron chi connectivity index (χ2n) is 11.1. The molecular formula is C22H23F6N3O4. The summed E-state index contributed by atoms with van der Waals surface area (Å²) in [6, 6.07) is -0.307. The predicted octanol–water partition coefficient (Wildman–Crippen LogP) is 2.69. The first kappa shape index (κ1) is 24.3. The number of amides is 1. The molecule has 2 N–H and O–H groups in total. The average molecular weight is 507 g/mol. The molecule has 1 amide bonds. The molecule has 0 radical (unpaired) electrons. The fourth-order valence-electron chi connectivity index (χ4n) is 7.83. The van der Waals surface area contributed by atoms with Crippen molar-refractivity contribution in [3.63, 3.8) is 0 Å². The van der Waals surface area contributed by atoms with Crippen LogP contribution in [0.2, 0.25) is 0 Å². The monoisotopic (exact) mass is 507 g/mol. The zero-order valence-electron chi connectivity index (χ0n) is 18.4. The molecule has 6 rings (SSSR count). The fourth-order valence-corrected chi connectivity index (χ4v) is 7.83. The van der Waals surface area contributed by atoms with E-state index in [1.165, 1.54) is 0 Å². The number of rotatable bonds is 5. The number of hydrogen-bond acceptors (Lipinski definition) is 6. The van der Waals surface area contributed by atoms with Crippen molar-refractivity contribution in [2.24, 2.45) is 23.2 Å². The Labute approximate surface area is 195 Å². The lowest BCUT2D eigenvalue weighted by molar-refractivity contribution is -0.240. The van der Waals surface area contributed by atoms with Gasteiger partial charge in [-0.2, -0.15) is 31.6 Å². The first-order chi connectivity index (χ1) is 16.1. The Balaban J connectivity index is 1.50. The highest BCUT2D eigenvalue weighted by Gasteiger charge is 2.71. The highest BCUT2D eigenvalue weighted by atomic mass is 19.4. The van der Waals surface area contributed by atoms with E-state index in [0.717, 1.165) is 0 Å². The molecule has 35 heavy (non-hydrogen) atoms. The van der Waals surface area contributed by atoms with Gasteiger partial charge < -0.3 is 10.1 Å². The number of carbonyl (C=O) groups is 3. The Morgan fingerprint density at radius 2 is 1.60 bits per heavy atom. The molecular weight excluding hydrogens is 484 g/mol. The van der Waals surface area contributed by atoms with Gasteiger partial charge in [0.15, 0.2) is 5.78 Å². The van der Waals surface area contributed by atoms with Crippen LogP contribution < -0.4 is 10.6 Å². The number of nitrogens with zero attached hydrogens (tertiary/aromatic N) is 1. The SMILES string of the molecule is N#C[C@@H]1C[C@@H]2C[C@]2(C(=O)[C@@H](NC(=O)C(F)(F)F)C23CC4CC(CC(OC(=O)C(F)(F)F)(C4)C2)C3)N1. The van der Waals surface area contributed by atoms with Crippen LogP contribution in [0.25, 0.3) is 0 Å². The molecule has 2 unspecified atom stereocenters. The topological polar surface area (TPSA) is 108 Å². The maximum absolute atomic E-state index is 13.8. The summed E-state index contributed by atoms with van der Waals surface area (Å²) in [4.78, 5) is 37.5. The minimum Gasteiger partial charge on any atom is -0.452 e. The van der Waals surface area contributed by atoms with Crippen LogP contribution in [0.3, 0.4) is 0 Å². The third kappa shape index (κ3) is 3.88. The van der Waals surface area contributed by atoms with E-state index in [1.54, 1.807) is 0 Å². The van der Waals surface area contributed by atoms with Crippen molar-refractivity contribution in [2.45, 2.75) is 86.9 Å². The van der Waals surface area contributed by atoms with Crippen LogP contribution >= 0.6 is 0 Å². The lowest BCUT2D eigenvalue weighted by atomic mass is 9.45. The van der Waals surface area contributed by atoms with Crippen molar-refractivity contribution in [3.8, 4) is 6.07 Å². The zero-order chi connectivity index (χ0) is 25.6. The van der Waals surface area contributed by atoms with Crippen LogP contribution in [0.15, 0.2) is 0 Å². The number of esters is 1. The Kier molecular flexibility index (Phi) is 5.10. The van der Waals surface area contributed by atoms with Crippen molar-refractivity contribution in [1.82, 2.24) is 10.6 Å². The molecule has 1 aliphatic heterocycles. The van der Waals surface area contributed by atoms with E-state index in [4.69, 9.17) is 4.74 Å². The Bertz CT molecular complexity index is 1010. The van der Waals surface area contributed by atoms with Crippen LogP contribution in [0.1, 0.15) is 51.4 Å². The number of nitrogens with one attached hydrogen (secondary N) is 2. The standard InChI is InChI=1S/C22H23F6N3O4/c23-21(24,25)16(33)30-14(15(32)20-7-12(20)2-13(8-29)31-20)18-3-10-1-11(4-18)6-19(5-10,9-18)35-17(34)22(26,27)28/h10-14,31H,1-7,9H2,(H,30,33)/t10?,11?,12-,13+,14-,18?,19?,20+/m1/s1. The molecule has 6 fully saturated rings. The number of nitriles is 1. The number of ether oxygens (including phenoxy) is 1. The number of alkyl halides is 6. The first-order valence-corrected chi connectivity index (χ1v) is 11.5. The Morgan fingerprint density at radius 1 is 0.971 bits per heavy atom. The van der Waals surface area contributed by atoms with Crippen LogP contribution in [-0.2, 0) is 19.1 Å². The number of piperidine rings is 1. The van der Waals surface area contributed by atoms with E-state index < -0.39 is 58.7 Å². The second-order valence-corrected chi connectivity index (χ2v) is 11.1. The summed E-state index contributed by atoms with van der Waals surface area (Å²) in [5, 5.41) is 14.0. The zero-order valence-corrected chi connectivity index (χ0v) is 18.4. The van der Waals surface area contributed by atoms with Crippen LogP contribution in [0.5, 0.6) is 0 Å². The smallest absolute Gasteiger partial charge is 0.452 e. The van der Waals surface area contributed by atoms with Gasteiger partial charge in [0.05, 0.1) is 23.7 Å². The summed E-state index contributed by atoms with van der Waals surface area (Å²) in [5.74, 6) is -6.14. The highest BCUT2D eigenvalue weighted by Crippen LogP contribution is 2.65. The minimum absolute atomic E-state index is 0.129. The maximum atomic E-state index is 13.8. The summed E-state index contributed by atoms with van der Waals surface area (Å²) in [5.41, 5.74) is -4.09. The third-order valence-electron chi connectivity index (χ3n) is 8.65. The number of Topliss-reactive ketones (excluding diaryl/α,β-unsaturated/α-hetero) is 1. The molecule has 0 aromatic rings. The van der Waals surface area contributed by atoms with Crippen molar-refractivity contribution in [1.29, 1.82) is 5.26 Å². The number of hydrogen-bond donors (Lipinski definition) is 2. The number of carbonyl (C=O) groups excluding carboxylic acids is 3. The number of fused-ring (bicyclic) bond motifs is 1. The first-order valence-electron chi connectivity index (χ1n) is 11.5. The van der Waals surface area contributed by atoms with Gasteiger partial charge in [-0.05, 0) is 69.1 Å². The molecule has 13 heteroatoms. The molecule has 0 spiro atoms. The molecule has 192 valence electrons. The van der Waals surface area contributed by atoms with E-state index >= 15 is 0 Å². The molecule has 4 bridgehead atoms. The number of halogens is 6. The maximum Gasteiger partial charge on any atom is 0.490 e. The minimum atomic E-state index is -5.28. The van der Waals surface area contributed by atoms with Gasteiger partial charge in [-0.15, -0.1) is 0 Å². The van der Waals surface area contributed by atoms with Gasteiger partial charge in [-0.25, -0.2) is 4.79 Å². The number of ketones is 1. The van der Waals surface area contributed by atoms with Crippen molar-refractivity contribution in [2.75, 3.05) is 0 Å². The summed E-state index contributed by atoms with van der Waals surface area (Å²) in [7, 11) is 0. The van der Waals surface area contributed by atoms with Gasteiger partial charge in [0, 0.05) is 5.41 Å². The Hall–Kier alpha value is -2.36. The highest BCUT2D eigenvalue weighted by molar-refractivity contribution is 6.00. The summed E-state index contributed by atoms with van der Waals surface area (Å²) in [6.45, 7) is 0. The summed E-state index contributed by atoms with van der Waals surface area (Å²) >= 11 is 0. The fraction of sp³-hybridized carbons (Fsp3) is 0.818. The van der Waals surface area contributed by atoms with Gasteiger partial charge in [-0.3, -0.25) is 14.9 Å². The molecule has 1 heterocycles. The Morgan fingerprint density at radius 3 is 2.11 bits per heavy atom. The van der Waals surface area contributed by atoms with Gasteiger partial charge in [0.25, 0.3) is 0 Å². The van der Waals surface area contributed by atoms with Crippen molar-refractivity contribution >= 4 is 17.7 Å². The van der Waals surface area contributed by atoms with Gasteiger partial charge in [0.2, 0.25) is 0 Å². The second kappa shape index (κ2) is 7.33. The average Bonchev–Trinajstić information content (AvgIpc) is 3.29. The largest absolute Gasteiger partial charge is 0.490 e. The summed E-state index contributed by atoms with van der Waals surface area (Å²) in [6.07, 6.45) is -8.80. The van der Waals surface area contributed by atoms with E-state index in [2.05, 4.69) is 5.32 Å². The van der Waals surface area contributed by atoms with E-state index in [0.29, 0.717) is 19.3 Å². The third-order valence-corrected chi connectivity index (χ3v) is 8.65. The molecule has 6 atom stereocenters. The predicted molar refractivity (Wildman–Crippen MR) is 103 cm³/mol. The molecule has 6 aliphatic rings. The van der Waals surface area contributed by atoms with Crippen LogP contribution in [0, 0.1) is 34.5 Å². The molecule has 1 saturated heterocycles. The van der Waals surface area contributed by atoms with Gasteiger partial charge in [-0.1, -0.05) is 0 Å². The lowest BCUT2D eigenvalue weighted by Crippen LogP contribution is -2.68. The van der Waals surface area contributed by atoms with Gasteiger partial charge >= 0.3 is 24.2 Å². The molecule has 0 aromatic heterocycles.